The van der Waals surface area contributed by atoms with Crippen LogP contribution < -0.4 is 10.6 Å². The molecule has 0 aliphatic carbocycles. The first-order valence-electron chi connectivity index (χ1n) is 8.66. The Balaban J connectivity index is 0.00000576. The van der Waals surface area contributed by atoms with Crippen LogP contribution in [-0.2, 0) is 16.6 Å². The highest BCUT2D eigenvalue weighted by Crippen LogP contribution is 2.21. The van der Waals surface area contributed by atoms with Crippen LogP contribution >= 0.6 is 24.0 Å². The Bertz CT molecular complexity index is 529. The van der Waals surface area contributed by atoms with E-state index < -0.39 is 10.8 Å². The zero-order valence-electron chi connectivity index (χ0n) is 16.2. The van der Waals surface area contributed by atoms with Crippen molar-refractivity contribution in [2.75, 3.05) is 19.3 Å². The smallest absolute Gasteiger partial charge is 0.191 e. The van der Waals surface area contributed by atoms with Crippen LogP contribution in [0.5, 0.6) is 0 Å². The Labute approximate surface area is 173 Å². The molecule has 0 heterocycles. The largest absolute Gasteiger partial charge is 0.355 e. The van der Waals surface area contributed by atoms with Crippen molar-refractivity contribution in [3.8, 4) is 0 Å². The quantitative estimate of drug-likeness (QED) is 0.338. The summed E-state index contributed by atoms with van der Waals surface area (Å²) in [7, 11) is 0.908. The lowest BCUT2D eigenvalue weighted by Gasteiger charge is -2.23. The first-order valence-corrected chi connectivity index (χ1v) is 10.1. The van der Waals surface area contributed by atoms with E-state index in [1.54, 1.807) is 7.05 Å². The molecule has 0 amide bonds. The van der Waals surface area contributed by atoms with Gasteiger partial charge in [0.25, 0.3) is 0 Å². The summed E-state index contributed by atoms with van der Waals surface area (Å²) in [5.41, 5.74) is 1.47. The molecule has 2 N–H and O–H groups in total. The number of guanidine groups is 1. The van der Waals surface area contributed by atoms with E-state index in [1.165, 1.54) is 6.42 Å². The van der Waals surface area contributed by atoms with Crippen LogP contribution in [0.4, 0.5) is 0 Å². The van der Waals surface area contributed by atoms with E-state index in [4.69, 9.17) is 0 Å². The summed E-state index contributed by atoms with van der Waals surface area (Å²) in [4.78, 5) is 4.25. The van der Waals surface area contributed by atoms with Gasteiger partial charge in [0.05, 0.1) is 0 Å². The predicted octanol–water partition coefficient (Wildman–Crippen LogP) is 3.93. The molecule has 6 heteroatoms. The van der Waals surface area contributed by atoms with Gasteiger partial charge >= 0.3 is 0 Å². The van der Waals surface area contributed by atoms with E-state index in [0.29, 0.717) is 29.5 Å². The SMILES string of the molecule is CN=C(NCCS(=O)Cc1ccccc1)NC(C)CCC(C)(C)C.I. The number of hydrogen-bond donors (Lipinski definition) is 2. The minimum atomic E-state index is -0.863. The second-order valence-corrected chi connectivity index (χ2v) is 8.99. The van der Waals surface area contributed by atoms with Crippen molar-refractivity contribution in [1.29, 1.82) is 0 Å². The molecule has 2 unspecified atom stereocenters. The highest BCUT2D eigenvalue weighted by Gasteiger charge is 2.13. The Kier molecular flexibility index (Phi) is 12.4. The first kappa shape index (κ1) is 24.4. The van der Waals surface area contributed by atoms with Gasteiger partial charge in [0.1, 0.15) is 0 Å². The third-order valence-corrected chi connectivity index (χ3v) is 5.04. The molecule has 2 atom stereocenters. The van der Waals surface area contributed by atoms with Gasteiger partial charge in [-0.1, -0.05) is 51.1 Å². The number of benzene rings is 1. The third kappa shape index (κ3) is 12.4. The highest BCUT2D eigenvalue weighted by atomic mass is 127. The van der Waals surface area contributed by atoms with Crippen molar-refractivity contribution in [3.63, 3.8) is 0 Å². The zero-order valence-corrected chi connectivity index (χ0v) is 19.3. The lowest BCUT2D eigenvalue weighted by atomic mass is 9.89. The summed E-state index contributed by atoms with van der Waals surface area (Å²) in [6.45, 7) is 9.61. The molecular formula is C19H34IN3OS. The van der Waals surface area contributed by atoms with Crippen LogP contribution in [-0.4, -0.2) is 35.6 Å². The topological polar surface area (TPSA) is 53.5 Å². The molecular weight excluding hydrogens is 445 g/mol. The minimum absolute atomic E-state index is 0. The van der Waals surface area contributed by atoms with Gasteiger partial charge in [0.2, 0.25) is 0 Å². The molecule has 0 aliphatic rings. The molecule has 1 rings (SSSR count). The van der Waals surface area contributed by atoms with Crippen molar-refractivity contribution in [2.24, 2.45) is 10.4 Å². The fraction of sp³-hybridized carbons (Fsp3) is 0.632. The van der Waals surface area contributed by atoms with Crippen LogP contribution in [0.1, 0.15) is 46.1 Å². The number of aliphatic imine (C=N–C) groups is 1. The van der Waals surface area contributed by atoms with Gasteiger partial charge in [-0.2, -0.15) is 0 Å². The predicted molar refractivity (Wildman–Crippen MR) is 121 cm³/mol. The maximum Gasteiger partial charge on any atom is 0.191 e. The van der Waals surface area contributed by atoms with Crippen LogP contribution in [0.25, 0.3) is 0 Å². The maximum absolute atomic E-state index is 12.1. The number of nitrogens with one attached hydrogen (secondary N) is 2. The fourth-order valence-corrected chi connectivity index (χ4v) is 3.30. The van der Waals surface area contributed by atoms with E-state index >= 15 is 0 Å². The summed E-state index contributed by atoms with van der Waals surface area (Å²) in [5, 5.41) is 6.66. The Morgan fingerprint density at radius 2 is 1.88 bits per heavy atom. The Morgan fingerprint density at radius 3 is 2.44 bits per heavy atom. The highest BCUT2D eigenvalue weighted by molar-refractivity contribution is 14.0. The monoisotopic (exact) mass is 479 g/mol. The maximum atomic E-state index is 12.1. The van der Waals surface area contributed by atoms with Gasteiger partial charge in [-0.05, 0) is 30.7 Å². The van der Waals surface area contributed by atoms with E-state index in [2.05, 4.69) is 43.3 Å². The number of hydrogen-bond acceptors (Lipinski definition) is 2. The van der Waals surface area contributed by atoms with Crippen molar-refractivity contribution in [3.05, 3.63) is 35.9 Å². The second-order valence-electron chi connectivity index (χ2n) is 7.42. The molecule has 144 valence electrons. The van der Waals surface area contributed by atoms with Crippen LogP contribution in [0.3, 0.4) is 0 Å². The number of halogens is 1. The lowest BCUT2D eigenvalue weighted by molar-refractivity contribution is 0.346. The summed E-state index contributed by atoms with van der Waals surface area (Å²) in [6, 6.07) is 10.3. The van der Waals surface area contributed by atoms with E-state index in [9.17, 15) is 4.21 Å². The second kappa shape index (κ2) is 12.7. The van der Waals surface area contributed by atoms with Crippen molar-refractivity contribution in [2.45, 2.75) is 52.3 Å². The number of rotatable bonds is 8. The van der Waals surface area contributed by atoms with Crippen LogP contribution in [0, 0.1) is 5.41 Å². The Morgan fingerprint density at radius 1 is 1.24 bits per heavy atom. The molecule has 25 heavy (non-hydrogen) atoms. The summed E-state index contributed by atoms with van der Waals surface area (Å²) in [5.74, 6) is 2.01. The summed E-state index contributed by atoms with van der Waals surface area (Å²) in [6.07, 6.45) is 2.27. The van der Waals surface area contributed by atoms with Gasteiger partial charge in [0, 0.05) is 41.9 Å². The summed E-state index contributed by atoms with van der Waals surface area (Å²) >= 11 is 0. The van der Waals surface area contributed by atoms with E-state index in [-0.39, 0.29) is 24.0 Å². The first-order chi connectivity index (χ1) is 11.3. The zero-order chi connectivity index (χ0) is 18.0. The lowest BCUT2D eigenvalue weighted by Crippen LogP contribution is -2.43. The fourth-order valence-electron chi connectivity index (χ4n) is 2.27. The molecule has 0 spiro atoms. The van der Waals surface area contributed by atoms with Crippen LogP contribution in [0.2, 0.25) is 0 Å². The molecule has 0 bridgehead atoms. The van der Waals surface area contributed by atoms with Gasteiger partial charge < -0.3 is 10.6 Å². The van der Waals surface area contributed by atoms with E-state index in [0.717, 1.165) is 17.9 Å². The average molecular weight is 479 g/mol. The molecule has 0 aliphatic heterocycles. The molecule has 1 aromatic carbocycles. The third-order valence-electron chi connectivity index (χ3n) is 3.73. The molecule has 1 aromatic rings. The molecule has 4 nitrogen and oxygen atoms in total. The van der Waals surface area contributed by atoms with Gasteiger partial charge in [-0.25, -0.2) is 0 Å². The van der Waals surface area contributed by atoms with Crippen molar-refractivity contribution in [1.82, 2.24) is 10.6 Å². The molecule has 0 aromatic heterocycles. The number of nitrogens with zero attached hydrogens (tertiary/aromatic N) is 1. The van der Waals surface area contributed by atoms with E-state index in [1.807, 2.05) is 30.3 Å². The van der Waals surface area contributed by atoms with Crippen LogP contribution in [0.15, 0.2) is 35.3 Å². The van der Waals surface area contributed by atoms with Crippen molar-refractivity contribution < 1.29 is 4.21 Å². The standard InChI is InChI=1S/C19H33N3OS.HI/c1-16(11-12-19(2,3)4)22-18(20-5)21-13-14-24(23)15-17-9-7-6-8-10-17;/h6-10,16H,11-15H2,1-5H3,(H2,20,21,22);1H. The summed E-state index contributed by atoms with van der Waals surface area (Å²) < 4.78 is 12.1. The molecule has 0 saturated carbocycles. The molecule has 0 radical (unpaired) electrons. The minimum Gasteiger partial charge on any atom is -0.355 e. The Hall–Kier alpha value is -0.630. The molecule has 0 saturated heterocycles. The van der Waals surface area contributed by atoms with Crippen molar-refractivity contribution >= 4 is 40.7 Å². The molecule has 0 fully saturated rings. The van der Waals surface area contributed by atoms with Gasteiger partial charge in [-0.3, -0.25) is 9.20 Å². The normalized spacial score (nSPS) is 14.4. The average Bonchev–Trinajstić information content (AvgIpc) is 2.52. The van der Waals surface area contributed by atoms with Gasteiger partial charge in [-0.15, -0.1) is 24.0 Å². The van der Waals surface area contributed by atoms with Gasteiger partial charge in [0.15, 0.2) is 5.96 Å².